The summed E-state index contributed by atoms with van der Waals surface area (Å²) < 4.78 is 0. The zero-order valence-electron chi connectivity index (χ0n) is 11.3. The highest BCUT2D eigenvalue weighted by molar-refractivity contribution is 6.11. The van der Waals surface area contributed by atoms with Crippen LogP contribution in [0.1, 0.15) is 5.56 Å². The fourth-order valence-electron chi connectivity index (χ4n) is 2.47. The van der Waals surface area contributed by atoms with Crippen LogP contribution in [0, 0.1) is 0 Å². The van der Waals surface area contributed by atoms with E-state index >= 15 is 0 Å². The monoisotopic (exact) mass is 261 g/mol. The Kier molecular flexibility index (Phi) is 3.21. The normalized spacial score (nSPS) is 11.2. The Morgan fingerprint density at radius 1 is 0.950 bits per heavy atom. The molecule has 2 nitrogen and oxygen atoms in total. The fourth-order valence-corrected chi connectivity index (χ4v) is 2.47. The number of amides is 1. The van der Waals surface area contributed by atoms with Crippen LogP contribution in [-0.2, 0) is 4.79 Å². The summed E-state index contributed by atoms with van der Waals surface area (Å²) in [4.78, 5) is 11.4. The van der Waals surface area contributed by atoms with E-state index in [9.17, 15) is 4.79 Å². The van der Waals surface area contributed by atoms with E-state index in [0.29, 0.717) is 0 Å². The second-order valence-corrected chi connectivity index (χ2v) is 4.68. The largest absolute Gasteiger partial charge is 0.356 e. The molecular weight excluding hydrogens is 246 g/mol. The van der Waals surface area contributed by atoms with E-state index in [0.717, 1.165) is 10.9 Å². The molecule has 0 aliphatic heterocycles. The lowest BCUT2D eigenvalue weighted by Gasteiger charge is -2.07. The van der Waals surface area contributed by atoms with Crippen LogP contribution >= 0.6 is 0 Å². The van der Waals surface area contributed by atoms with Crippen LogP contribution in [0.5, 0.6) is 0 Å². The Bertz CT molecular complexity index is 818. The van der Waals surface area contributed by atoms with Gasteiger partial charge in [0, 0.05) is 13.1 Å². The summed E-state index contributed by atoms with van der Waals surface area (Å²) in [6, 6.07) is 18.7. The van der Waals surface area contributed by atoms with Gasteiger partial charge in [-0.25, -0.2) is 0 Å². The second-order valence-electron chi connectivity index (χ2n) is 4.68. The number of rotatable bonds is 2. The van der Waals surface area contributed by atoms with Crippen LogP contribution in [-0.4, -0.2) is 13.0 Å². The SMILES string of the molecule is CNC(=O)/C=C/c1cc2ccccc2c2ccccc12. The van der Waals surface area contributed by atoms with Gasteiger partial charge in [0.25, 0.3) is 0 Å². The number of benzene rings is 3. The predicted molar refractivity (Wildman–Crippen MR) is 84.6 cm³/mol. The molecular formula is C18H15NO. The van der Waals surface area contributed by atoms with Crippen LogP contribution in [0.15, 0.2) is 60.7 Å². The van der Waals surface area contributed by atoms with Crippen molar-refractivity contribution in [2.24, 2.45) is 0 Å². The van der Waals surface area contributed by atoms with Gasteiger partial charge in [-0.05, 0) is 39.3 Å². The summed E-state index contributed by atoms with van der Waals surface area (Å²) in [6.07, 6.45) is 3.43. The van der Waals surface area contributed by atoms with Crippen LogP contribution in [0.25, 0.3) is 27.6 Å². The Hall–Kier alpha value is -2.61. The lowest BCUT2D eigenvalue weighted by molar-refractivity contribution is -0.115. The van der Waals surface area contributed by atoms with E-state index in [1.54, 1.807) is 13.1 Å². The highest BCUT2D eigenvalue weighted by Crippen LogP contribution is 2.29. The lowest BCUT2D eigenvalue weighted by atomic mass is 9.97. The van der Waals surface area contributed by atoms with Gasteiger partial charge in [-0.15, -0.1) is 0 Å². The number of carbonyl (C=O) groups excluding carboxylic acids is 1. The maximum atomic E-state index is 11.4. The third-order valence-electron chi connectivity index (χ3n) is 3.46. The van der Waals surface area contributed by atoms with Gasteiger partial charge in [0.05, 0.1) is 0 Å². The predicted octanol–water partition coefficient (Wildman–Crippen LogP) is 3.75. The van der Waals surface area contributed by atoms with E-state index in [2.05, 4.69) is 41.7 Å². The smallest absolute Gasteiger partial charge is 0.243 e. The minimum Gasteiger partial charge on any atom is -0.356 e. The van der Waals surface area contributed by atoms with E-state index in [-0.39, 0.29) is 5.91 Å². The van der Waals surface area contributed by atoms with Crippen LogP contribution < -0.4 is 5.32 Å². The first kappa shape index (κ1) is 12.4. The molecule has 0 fully saturated rings. The third-order valence-corrected chi connectivity index (χ3v) is 3.46. The molecule has 3 rings (SSSR count). The summed E-state index contributed by atoms with van der Waals surface area (Å²) >= 11 is 0. The molecule has 0 heterocycles. The lowest BCUT2D eigenvalue weighted by Crippen LogP contribution is -2.13. The number of carbonyl (C=O) groups is 1. The fraction of sp³-hybridized carbons (Fsp3) is 0.0556. The Morgan fingerprint density at radius 3 is 2.35 bits per heavy atom. The van der Waals surface area contributed by atoms with Crippen LogP contribution in [0.3, 0.4) is 0 Å². The first-order chi connectivity index (χ1) is 9.79. The van der Waals surface area contributed by atoms with Crippen LogP contribution in [0.4, 0.5) is 0 Å². The van der Waals surface area contributed by atoms with Gasteiger partial charge < -0.3 is 5.32 Å². The zero-order chi connectivity index (χ0) is 13.9. The van der Waals surface area contributed by atoms with E-state index in [4.69, 9.17) is 0 Å². The van der Waals surface area contributed by atoms with Crippen LogP contribution in [0.2, 0.25) is 0 Å². The molecule has 0 saturated heterocycles. The molecule has 3 aromatic rings. The molecule has 1 N–H and O–H groups in total. The van der Waals surface area contributed by atoms with Gasteiger partial charge in [0.15, 0.2) is 0 Å². The summed E-state index contributed by atoms with van der Waals surface area (Å²) in [5.41, 5.74) is 1.06. The van der Waals surface area contributed by atoms with Crippen molar-refractivity contribution in [2.45, 2.75) is 0 Å². The maximum Gasteiger partial charge on any atom is 0.243 e. The number of nitrogens with one attached hydrogen (secondary N) is 1. The summed E-state index contributed by atoms with van der Waals surface area (Å²) in [5.74, 6) is -0.0951. The average Bonchev–Trinajstić information content (AvgIpc) is 2.52. The number of fused-ring (bicyclic) bond motifs is 3. The average molecular weight is 261 g/mol. The Morgan fingerprint density at radius 2 is 1.60 bits per heavy atom. The molecule has 0 aromatic heterocycles. The second kappa shape index (κ2) is 5.17. The topological polar surface area (TPSA) is 29.1 Å². The highest BCUT2D eigenvalue weighted by Gasteiger charge is 2.04. The molecule has 0 atom stereocenters. The Balaban J connectivity index is 2.29. The van der Waals surface area contributed by atoms with Crippen molar-refractivity contribution in [1.29, 1.82) is 0 Å². The van der Waals surface area contributed by atoms with Crippen molar-refractivity contribution >= 4 is 33.5 Å². The summed E-state index contributed by atoms with van der Waals surface area (Å²) in [7, 11) is 1.63. The van der Waals surface area contributed by atoms with Gasteiger partial charge in [-0.2, -0.15) is 0 Å². The van der Waals surface area contributed by atoms with Gasteiger partial charge >= 0.3 is 0 Å². The standard InChI is InChI=1S/C18H15NO/c1-19-18(20)11-10-14-12-13-6-2-3-7-15(13)17-9-5-4-8-16(14)17/h2-12H,1H3,(H,19,20)/b11-10+. The molecule has 0 aliphatic carbocycles. The van der Waals surface area contributed by atoms with E-state index in [1.165, 1.54) is 16.2 Å². The third kappa shape index (κ3) is 2.16. The van der Waals surface area contributed by atoms with Crippen molar-refractivity contribution in [3.05, 3.63) is 66.2 Å². The van der Waals surface area contributed by atoms with Crippen molar-refractivity contribution in [2.75, 3.05) is 7.05 Å². The minimum absolute atomic E-state index is 0.0951. The first-order valence-electron chi connectivity index (χ1n) is 6.60. The highest BCUT2D eigenvalue weighted by atomic mass is 16.1. The number of likely N-dealkylation sites (N-methyl/N-ethyl adjacent to an activating group) is 1. The first-order valence-corrected chi connectivity index (χ1v) is 6.60. The quantitative estimate of drug-likeness (QED) is 0.552. The number of hydrogen-bond acceptors (Lipinski definition) is 1. The van der Waals surface area contributed by atoms with Crippen molar-refractivity contribution < 1.29 is 4.79 Å². The molecule has 0 radical (unpaired) electrons. The molecule has 0 aliphatic rings. The zero-order valence-corrected chi connectivity index (χ0v) is 11.3. The van der Waals surface area contributed by atoms with Gasteiger partial charge in [-0.1, -0.05) is 48.5 Å². The van der Waals surface area contributed by atoms with Crippen molar-refractivity contribution in [3.63, 3.8) is 0 Å². The molecule has 3 aromatic carbocycles. The molecule has 0 bridgehead atoms. The number of hydrogen-bond donors (Lipinski definition) is 1. The molecule has 0 unspecified atom stereocenters. The summed E-state index contributed by atoms with van der Waals surface area (Å²) in [6.45, 7) is 0. The van der Waals surface area contributed by atoms with Gasteiger partial charge in [-0.3, -0.25) is 4.79 Å². The van der Waals surface area contributed by atoms with Crippen molar-refractivity contribution in [3.8, 4) is 0 Å². The van der Waals surface area contributed by atoms with Crippen molar-refractivity contribution in [1.82, 2.24) is 5.32 Å². The minimum atomic E-state index is -0.0951. The molecule has 98 valence electrons. The Labute approximate surface area is 117 Å². The van der Waals surface area contributed by atoms with E-state index in [1.807, 2.05) is 24.3 Å². The van der Waals surface area contributed by atoms with Gasteiger partial charge in [0.1, 0.15) is 0 Å². The summed E-state index contributed by atoms with van der Waals surface area (Å²) in [5, 5.41) is 7.38. The molecule has 2 heteroatoms. The molecule has 0 spiro atoms. The van der Waals surface area contributed by atoms with Gasteiger partial charge in [0.2, 0.25) is 5.91 Å². The van der Waals surface area contributed by atoms with E-state index < -0.39 is 0 Å². The maximum absolute atomic E-state index is 11.4. The molecule has 20 heavy (non-hydrogen) atoms. The molecule has 0 saturated carbocycles. The molecule has 1 amide bonds.